The maximum atomic E-state index is 13.5. The number of para-hydroxylation sites is 1. The summed E-state index contributed by atoms with van der Waals surface area (Å²) in [5, 5.41) is 12.6. The highest BCUT2D eigenvalue weighted by atomic mass is 35.5. The molecule has 162 valence electrons. The van der Waals surface area contributed by atoms with Crippen LogP contribution in [0.1, 0.15) is 11.1 Å². The lowest BCUT2D eigenvalue weighted by atomic mass is 10.1. The van der Waals surface area contributed by atoms with Crippen molar-refractivity contribution >= 4 is 73.4 Å². The number of carbonyl (C=O) groups excluding carboxylic acids is 1. The maximum absolute atomic E-state index is 13.5. The Morgan fingerprint density at radius 2 is 1.70 bits per heavy atom. The van der Waals surface area contributed by atoms with Gasteiger partial charge in [0.1, 0.15) is 11.5 Å². The molecule has 0 bridgehead atoms. The Balaban J connectivity index is 1.66. The Morgan fingerprint density at radius 1 is 1.00 bits per heavy atom. The number of amidine groups is 1. The molecule has 10 heteroatoms. The molecule has 2 heterocycles. The first-order valence-corrected chi connectivity index (χ1v) is 11.2. The van der Waals surface area contributed by atoms with Crippen LogP contribution in [0.25, 0.3) is 16.3 Å². The number of nitro groups is 1. The number of halogens is 2. The van der Waals surface area contributed by atoms with Crippen LogP contribution in [-0.4, -0.2) is 21.7 Å². The maximum Gasteiger partial charge on any atom is 0.284 e. The van der Waals surface area contributed by atoms with Crippen LogP contribution in [0, 0.1) is 10.1 Å². The summed E-state index contributed by atoms with van der Waals surface area (Å²) in [4.78, 5) is 34.9. The number of fused-ring (bicyclic) bond motifs is 1. The van der Waals surface area contributed by atoms with Gasteiger partial charge in [-0.05, 0) is 24.3 Å². The van der Waals surface area contributed by atoms with E-state index >= 15 is 0 Å². The van der Waals surface area contributed by atoms with Gasteiger partial charge < -0.3 is 0 Å². The van der Waals surface area contributed by atoms with E-state index in [4.69, 9.17) is 23.2 Å². The van der Waals surface area contributed by atoms with Gasteiger partial charge in [0.05, 0.1) is 30.7 Å². The number of aliphatic imine (C=N–C) groups is 1. The van der Waals surface area contributed by atoms with Crippen molar-refractivity contribution in [3.05, 3.63) is 104 Å². The van der Waals surface area contributed by atoms with E-state index in [0.717, 1.165) is 4.70 Å². The van der Waals surface area contributed by atoms with E-state index in [0.29, 0.717) is 32.1 Å². The summed E-state index contributed by atoms with van der Waals surface area (Å²) >= 11 is 13.5. The third-order valence-corrected chi connectivity index (χ3v) is 6.65. The van der Waals surface area contributed by atoms with Crippen molar-refractivity contribution in [1.29, 1.82) is 0 Å². The van der Waals surface area contributed by atoms with Gasteiger partial charge >= 0.3 is 0 Å². The first-order valence-electron chi connectivity index (χ1n) is 9.61. The molecule has 5 rings (SSSR count). The predicted octanol–water partition coefficient (Wildman–Crippen LogP) is 6.35. The minimum absolute atomic E-state index is 0.0680. The van der Waals surface area contributed by atoms with Crippen LogP contribution in [0.5, 0.6) is 0 Å². The molecule has 1 aliphatic heterocycles. The molecular formula is C23H12Cl2N4O3S. The molecule has 0 radical (unpaired) electrons. The standard InChI is InChI=1S/C23H12Cl2N4O3S/c24-15-11-17-20(12-16(15)25)33-23(27-17)28-21(13-6-2-1-3-7-13)26-18(22(28)30)10-14-8-4-5-9-19(14)29(31)32/h1-12H/b18-10-. The molecule has 0 saturated heterocycles. The Bertz CT molecular complexity index is 1460. The van der Waals surface area contributed by atoms with Crippen LogP contribution in [0.4, 0.5) is 10.8 Å². The summed E-state index contributed by atoms with van der Waals surface area (Å²) in [6, 6.07) is 18.7. The summed E-state index contributed by atoms with van der Waals surface area (Å²) in [5.41, 5.74) is 1.54. The number of nitrogens with zero attached hydrogens (tertiary/aromatic N) is 4. The van der Waals surface area contributed by atoms with E-state index < -0.39 is 10.8 Å². The molecule has 33 heavy (non-hydrogen) atoms. The van der Waals surface area contributed by atoms with Gasteiger partial charge in [0.2, 0.25) is 0 Å². The average molecular weight is 495 g/mol. The second kappa shape index (κ2) is 8.40. The lowest BCUT2D eigenvalue weighted by Crippen LogP contribution is -2.32. The van der Waals surface area contributed by atoms with Crippen LogP contribution in [0.15, 0.2) is 77.4 Å². The van der Waals surface area contributed by atoms with Crippen LogP contribution in [0.3, 0.4) is 0 Å². The van der Waals surface area contributed by atoms with Crippen molar-refractivity contribution < 1.29 is 9.72 Å². The van der Waals surface area contributed by atoms with E-state index in [-0.39, 0.29) is 16.9 Å². The van der Waals surface area contributed by atoms with Gasteiger partial charge in [-0.25, -0.2) is 14.9 Å². The highest BCUT2D eigenvalue weighted by Gasteiger charge is 2.35. The lowest BCUT2D eigenvalue weighted by Gasteiger charge is -2.14. The largest absolute Gasteiger partial charge is 0.284 e. The van der Waals surface area contributed by atoms with Crippen LogP contribution in [-0.2, 0) is 4.79 Å². The number of anilines is 1. The van der Waals surface area contributed by atoms with Crippen LogP contribution in [0.2, 0.25) is 10.0 Å². The minimum Gasteiger partial charge on any atom is -0.266 e. The van der Waals surface area contributed by atoms with Gasteiger partial charge in [0.15, 0.2) is 5.13 Å². The topological polar surface area (TPSA) is 88.7 Å². The number of thiazole rings is 1. The normalized spacial score (nSPS) is 14.8. The van der Waals surface area contributed by atoms with E-state index in [9.17, 15) is 14.9 Å². The third-order valence-electron chi connectivity index (χ3n) is 4.93. The zero-order valence-electron chi connectivity index (χ0n) is 16.6. The number of aromatic nitrogens is 1. The first-order chi connectivity index (χ1) is 15.9. The second-order valence-corrected chi connectivity index (χ2v) is 8.84. The van der Waals surface area contributed by atoms with E-state index in [1.807, 2.05) is 30.3 Å². The zero-order valence-corrected chi connectivity index (χ0v) is 18.9. The molecule has 0 spiro atoms. The minimum atomic E-state index is -0.494. The summed E-state index contributed by atoms with van der Waals surface area (Å²) in [7, 11) is 0. The predicted molar refractivity (Wildman–Crippen MR) is 131 cm³/mol. The van der Waals surface area contributed by atoms with E-state index in [1.54, 1.807) is 30.3 Å². The summed E-state index contributed by atoms with van der Waals surface area (Å²) in [5.74, 6) is -0.0649. The summed E-state index contributed by atoms with van der Waals surface area (Å²) in [6.07, 6.45) is 1.42. The molecule has 0 fully saturated rings. The van der Waals surface area contributed by atoms with Gasteiger partial charge in [-0.2, -0.15) is 0 Å². The summed E-state index contributed by atoms with van der Waals surface area (Å²) < 4.78 is 0.760. The van der Waals surface area contributed by atoms with Crippen LogP contribution < -0.4 is 4.90 Å². The Labute approximate surface area is 201 Å². The number of nitro benzene ring substituents is 1. The Kier molecular flexibility index (Phi) is 5.41. The lowest BCUT2D eigenvalue weighted by molar-refractivity contribution is -0.385. The van der Waals surface area contributed by atoms with E-state index in [1.165, 1.54) is 28.4 Å². The zero-order chi connectivity index (χ0) is 23.1. The van der Waals surface area contributed by atoms with Crippen molar-refractivity contribution in [2.24, 2.45) is 4.99 Å². The van der Waals surface area contributed by atoms with Crippen molar-refractivity contribution in [3.8, 4) is 0 Å². The molecular weight excluding hydrogens is 483 g/mol. The number of hydrogen-bond acceptors (Lipinski definition) is 6. The first kappa shape index (κ1) is 21.3. The molecule has 1 aromatic heterocycles. The fraction of sp³-hybridized carbons (Fsp3) is 0. The quantitative estimate of drug-likeness (QED) is 0.188. The Morgan fingerprint density at radius 3 is 2.45 bits per heavy atom. The highest BCUT2D eigenvalue weighted by Crippen LogP contribution is 2.37. The monoisotopic (exact) mass is 494 g/mol. The number of rotatable bonds is 4. The van der Waals surface area contributed by atoms with Gasteiger partial charge in [-0.3, -0.25) is 14.9 Å². The van der Waals surface area contributed by atoms with Crippen LogP contribution >= 0.6 is 34.5 Å². The number of carbonyl (C=O) groups is 1. The fourth-order valence-electron chi connectivity index (χ4n) is 3.41. The van der Waals surface area contributed by atoms with Gasteiger partial charge in [0.25, 0.3) is 11.6 Å². The van der Waals surface area contributed by atoms with Gasteiger partial charge in [0, 0.05) is 11.6 Å². The van der Waals surface area contributed by atoms with Gasteiger partial charge in [-0.15, -0.1) is 0 Å². The van der Waals surface area contributed by atoms with Gasteiger partial charge in [-0.1, -0.05) is 77.0 Å². The Hall–Kier alpha value is -3.59. The highest BCUT2D eigenvalue weighted by molar-refractivity contribution is 7.22. The molecule has 0 unspecified atom stereocenters. The van der Waals surface area contributed by atoms with Crippen molar-refractivity contribution in [2.75, 3.05) is 4.90 Å². The fourth-order valence-corrected chi connectivity index (χ4v) is 4.78. The van der Waals surface area contributed by atoms with E-state index in [2.05, 4.69) is 9.98 Å². The molecule has 7 nitrogen and oxygen atoms in total. The molecule has 0 atom stereocenters. The molecule has 1 amide bonds. The molecule has 4 aromatic rings. The second-order valence-electron chi connectivity index (χ2n) is 7.02. The molecule has 1 aliphatic rings. The molecule has 0 aliphatic carbocycles. The van der Waals surface area contributed by atoms with Crippen molar-refractivity contribution in [1.82, 2.24) is 4.98 Å². The average Bonchev–Trinajstić information content (AvgIpc) is 3.35. The summed E-state index contributed by atoms with van der Waals surface area (Å²) in [6.45, 7) is 0. The SMILES string of the molecule is O=C1/C(=C/c2ccccc2[N+](=O)[O-])N=C(c2ccccc2)N1c1nc2cc(Cl)c(Cl)cc2s1. The smallest absolute Gasteiger partial charge is 0.266 e. The van der Waals surface area contributed by atoms with Crippen molar-refractivity contribution in [2.45, 2.75) is 0 Å². The number of hydrogen-bond donors (Lipinski definition) is 0. The molecule has 0 saturated carbocycles. The molecule has 3 aromatic carbocycles. The molecule has 0 N–H and O–H groups in total. The number of benzene rings is 3. The third kappa shape index (κ3) is 3.89. The van der Waals surface area contributed by atoms with Crippen molar-refractivity contribution in [3.63, 3.8) is 0 Å². The number of amides is 1.